The highest BCUT2D eigenvalue weighted by Gasteiger charge is 2.29. The van der Waals surface area contributed by atoms with Crippen LogP contribution in [0.2, 0.25) is 4.34 Å². The molecule has 3 heteroatoms. The summed E-state index contributed by atoms with van der Waals surface area (Å²) in [5.74, 6) is 0.746. The standard InChI is InChI=1S/C15H16ClNS/c16-15-7-6-14(18-15)10-17-13-8-12(9-13)11-4-2-1-3-5-11/h1-7,12-13,17H,8-10H2. The van der Waals surface area contributed by atoms with E-state index in [0.29, 0.717) is 6.04 Å². The van der Waals surface area contributed by atoms with Gasteiger partial charge in [0.1, 0.15) is 0 Å². The molecular formula is C15H16ClNS. The van der Waals surface area contributed by atoms with E-state index in [4.69, 9.17) is 11.6 Å². The molecule has 1 aromatic heterocycles. The van der Waals surface area contributed by atoms with Gasteiger partial charge in [-0.25, -0.2) is 0 Å². The number of halogens is 1. The van der Waals surface area contributed by atoms with Crippen LogP contribution in [0.3, 0.4) is 0 Å². The van der Waals surface area contributed by atoms with Gasteiger partial charge in [-0.2, -0.15) is 0 Å². The lowest BCUT2D eigenvalue weighted by molar-refractivity contribution is 0.290. The van der Waals surface area contributed by atoms with Gasteiger partial charge in [-0.1, -0.05) is 41.9 Å². The van der Waals surface area contributed by atoms with Crippen LogP contribution < -0.4 is 5.32 Å². The highest BCUT2D eigenvalue weighted by Crippen LogP contribution is 2.36. The Kier molecular flexibility index (Phi) is 3.69. The topological polar surface area (TPSA) is 12.0 Å². The normalized spacial score (nSPS) is 22.7. The molecule has 1 heterocycles. The smallest absolute Gasteiger partial charge is 0.0931 e. The molecule has 1 fully saturated rings. The van der Waals surface area contributed by atoms with Gasteiger partial charge in [-0.3, -0.25) is 0 Å². The third-order valence-electron chi connectivity index (χ3n) is 3.60. The minimum absolute atomic E-state index is 0.663. The fraction of sp³-hybridized carbons (Fsp3) is 0.333. The van der Waals surface area contributed by atoms with E-state index in [1.165, 1.54) is 23.3 Å². The van der Waals surface area contributed by atoms with Gasteiger partial charge >= 0.3 is 0 Å². The first-order valence-corrected chi connectivity index (χ1v) is 7.53. The zero-order chi connectivity index (χ0) is 12.4. The van der Waals surface area contributed by atoms with Crippen LogP contribution in [0.1, 0.15) is 29.2 Å². The maximum Gasteiger partial charge on any atom is 0.0931 e. The average Bonchev–Trinajstić information content (AvgIpc) is 2.74. The number of benzene rings is 1. The zero-order valence-electron chi connectivity index (χ0n) is 10.1. The molecule has 1 aliphatic rings. The van der Waals surface area contributed by atoms with Gasteiger partial charge in [0.15, 0.2) is 0 Å². The summed E-state index contributed by atoms with van der Waals surface area (Å²) in [6, 6.07) is 15.5. The van der Waals surface area contributed by atoms with Crippen molar-refractivity contribution in [3.05, 3.63) is 57.2 Å². The largest absolute Gasteiger partial charge is 0.309 e. The average molecular weight is 278 g/mol. The van der Waals surface area contributed by atoms with Crippen LogP contribution in [0.5, 0.6) is 0 Å². The van der Waals surface area contributed by atoms with Gasteiger partial charge in [0, 0.05) is 17.5 Å². The Bertz CT molecular complexity index is 502. The van der Waals surface area contributed by atoms with E-state index in [-0.39, 0.29) is 0 Å². The molecule has 2 aromatic rings. The fourth-order valence-corrected chi connectivity index (χ4v) is 3.51. The van der Waals surface area contributed by atoms with E-state index in [2.05, 4.69) is 41.7 Å². The van der Waals surface area contributed by atoms with Crippen molar-refractivity contribution in [1.82, 2.24) is 5.32 Å². The Balaban J connectivity index is 1.46. The molecule has 1 saturated carbocycles. The van der Waals surface area contributed by atoms with Crippen LogP contribution in [0.25, 0.3) is 0 Å². The lowest BCUT2D eigenvalue weighted by Crippen LogP contribution is -2.39. The van der Waals surface area contributed by atoms with Crippen LogP contribution >= 0.6 is 22.9 Å². The summed E-state index contributed by atoms with van der Waals surface area (Å²) in [4.78, 5) is 1.32. The van der Waals surface area contributed by atoms with Gasteiger partial charge in [0.2, 0.25) is 0 Å². The Morgan fingerprint density at radius 2 is 1.89 bits per heavy atom. The summed E-state index contributed by atoms with van der Waals surface area (Å²) in [6.07, 6.45) is 2.51. The summed E-state index contributed by atoms with van der Waals surface area (Å²) in [5, 5.41) is 3.60. The highest BCUT2D eigenvalue weighted by atomic mass is 35.5. The first-order chi connectivity index (χ1) is 8.81. The van der Waals surface area contributed by atoms with Gasteiger partial charge < -0.3 is 5.32 Å². The van der Waals surface area contributed by atoms with Crippen LogP contribution in [-0.4, -0.2) is 6.04 Å². The van der Waals surface area contributed by atoms with Crippen molar-refractivity contribution in [2.75, 3.05) is 0 Å². The minimum Gasteiger partial charge on any atom is -0.309 e. The molecule has 3 rings (SSSR count). The van der Waals surface area contributed by atoms with Crippen molar-refractivity contribution < 1.29 is 0 Å². The van der Waals surface area contributed by atoms with E-state index in [9.17, 15) is 0 Å². The lowest BCUT2D eigenvalue weighted by Gasteiger charge is -2.36. The fourth-order valence-electron chi connectivity index (χ4n) is 2.47. The Hall–Kier alpha value is -0.830. The van der Waals surface area contributed by atoms with Gasteiger partial charge in [0.05, 0.1) is 4.34 Å². The first-order valence-electron chi connectivity index (χ1n) is 6.34. The summed E-state index contributed by atoms with van der Waals surface area (Å²) in [6.45, 7) is 0.948. The SMILES string of the molecule is Clc1ccc(CNC2CC(c3ccccc3)C2)s1. The zero-order valence-corrected chi connectivity index (χ0v) is 11.7. The molecule has 18 heavy (non-hydrogen) atoms. The van der Waals surface area contributed by atoms with Crippen LogP contribution in [0.4, 0.5) is 0 Å². The van der Waals surface area contributed by atoms with E-state index in [1.54, 1.807) is 11.3 Å². The second-order valence-electron chi connectivity index (χ2n) is 4.86. The molecule has 0 amide bonds. The quantitative estimate of drug-likeness (QED) is 0.871. The summed E-state index contributed by atoms with van der Waals surface area (Å²) < 4.78 is 0.877. The van der Waals surface area contributed by atoms with Crippen molar-refractivity contribution in [1.29, 1.82) is 0 Å². The van der Waals surface area contributed by atoms with E-state index in [0.717, 1.165) is 16.8 Å². The number of hydrogen-bond donors (Lipinski definition) is 1. The molecule has 1 N–H and O–H groups in total. The van der Waals surface area contributed by atoms with E-state index >= 15 is 0 Å². The van der Waals surface area contributed by atoms with Crippen molar-refractivity contribution >= 4 is 22.9 Å². The van der Waals surface area contributed by atoms with Crippen molar-refractivity contribution in [3.8, 4) is 0 Å². The maximum atomic E-state index is 5.92. The number of thiophene rings is 1. The molecular weight excluding hydrogens is 262 g/mol. The Labute approximate surface area is 117 Å². The summed E-state index contributed by atoms with van der Waals surface area (Å²) in [7, 11) is 0. The van der Waals surface area contributed by atoms with Crippen molar-refractivity contribution in [2.45, 2.75) is 31.3 Å². The minimum atomic E-state index is 0.663. The third kappa shape index (κ3) is 2.77. The van der Waals surface area contributed by atoms with Crippen molar-refractivity contribution in [3.63, 3.8) is 0 Å². The molecule has 0 saturated heterocycles. The maximum absolute atomic E-state index is 5.92. The molecule has 94 valence electrons. The third-order valence-corrected chi connectivity index (χ3v) is 4.83. The van der Waals surface area contributed by atoms with E-state index in [1.807, 2.05) is 6.07 Å². The predicted molar refractivity (Wildman–Crippen MR) is 78.4 cm³/mol. The molecule has 0 aliphatic heterocycles. The monoisotopic (exact) mass is 277 g/mol. The molecule has 1 aromatic carbocycles. The molecule has 0 atom stereocenters. The van der Waals surface area contributed by atoms with Gasteiger partial charge in [0.25, 0.3) is 0 Å². The Morgan fingerprint density at radius 1 is 1.11 bits per heavy atom. The predicted octanol–water partition coefficient (Wildman–Crippen LogP) is 4.44. The summed E-state index contributed by atoms with van der Waals surface area (Å²) >= 11 is 7.58. The second kappa shape index (κ2) is 5.43. The van der Waals surface area contributed by atoms with Crippen LogP contribution in [0, 0.1) is 0 Å². The van der Waals surface area contributed by atoms with Gasteiger partial charge in [-0.15, -0.1) is 11.3 Å². The Morgan fingerprint density at radius 3 is 2.56 bits per heavy atom. The second-order valence-corrected chi connectivity index (χ2v) is 6.66. The number of hydrogen-bond acceptors (Lipinski definition) is 2. The number of rotatable bonds is 4. The van der Waals surface area contributed by atoms with Crippen LogP contribution in [0.15, 0.2) is 42.5 Å². The first kappa shape index (κ1) is 12.2. The molecule has 1 aliphatic carbocycles. The van der Waals surface area contributed by atoms with Crippen LogP contribution in [-0.2, 0) is 6.54 Å². The molecule has 0 bridgehead atoms. The highest BCUT2D eigenvalue weighted by molar-refractivity contribution is 7.16. The van der Waals surface area contributed by atoms with Crippen molar-refractivity contribution in [2.24, 2.45) is 0 Å². The molecule has 0 unspecified atom stereocenters. The molecule has 0 spiro atoms. The van der Waals surface area contributed by atoms with Gasteiger partial charge in [-0.05, 0) is 36.5 Å². The number of nitrogens with one attached hydrogen (secondary N) is 1. The molecule has 0 radical (unpaired) electrons. The molecule has 1 nitrogen and oxygen atoms in total. The summed E-state index contributed by atoms with van der Waals surface area (Å²) in [5.41, 5.74) is 1.48. The van der Waals surface area contributed by atoms with E-state index < -0.39 is 0 Å². The lowest BCUT2D eigenvalue weighted by atomic mass is 9.76.